The van der Waals surface area contributed by atoms with Gasteiger partial charge in [0.25, 0.3) is 0 Å². The average Bonchev–Trinajstić information content (AvgIpc) is 3.68. The third-order valence-corrected chi connectivity index (χ3v) is 8.83. The number of hydrogen-bond acceptors (Lipinski definition) is 4. The first-order valence-corrected chi connectivity index (χ1v) is 13.5. The van der Waals surface area contributed by atoms with Crippen molar-refractivity contribution in [3.8, 4) is 0 Å². The van der Waals surface area contributed by atoms with Crippen LogP contribution in [0, 0.1) is 17.0 Å². The Balaban J connectivity index is 1.32. The van der Waals surface area contributed by atoms with Gasteiger partial charge in [-0.1, -0.05) is 36.4 Å². The van der Waals surface area contributed by atoms with E-state index in [0.29, 0.717) is 16.6 Å². The third kappa shape index (κ3) is 4.98. The Morgan fingerprint density at radius 3 is 2.68 bits per heavy atom. The number of aliphatic carboxylic acids is 1. The fraction of sp³-hybridized carbons (Fsp3) is 0.194. The highest BCUT2D eigenvalue weighted by Gasteiger charge is 2.45. The van der Waals surface area contributed by atoms with Crippen LogP contribution in [0.1, 0.15) is 58.2 Å². The van der Waals surface area contributed by atoms with E-state index in [1.807, 2.05) is 30.4 Å². The number of carbonyl (C=O) groups is 1. The fourth-order valence-corrected chi connectivity index (χ4v) is 6.59. The summed E-state index contributed by atoms with van der Waals surface area (Å²) < 4.78 is 27.2. The SMILES string of the molecule is O=C(O)CC1(CSC2c3cc(C=Cc4ccc5cc(F)c(F)cc5n4)ccc3C=Cc3ncccc32)CC1. The maximum absolute atomic E-state index is 13.7. The number of carboxylic acids is 1. The minimum absolute atomic E-state index is 0.0139. The van der Waals surface area contributed by atoms with Crippen LogP contribution in [0.25, 0.3) is 35.2 Å². The lowest BCUT2D eigenvalue weighted by Gasteiger charge is -2.22. The molecule has 1 unspecified atom stereocenters. The lowest BCUT2D eigenvalue weighted by molar-refractivity contribution is -0.138. The molecular weight excluding hydrogens is 502 g/mol. The van der Waals surface area contributed by atoms with Gasteiger partial charge in [0.15, 0.2) is 11.6 Å². The summed E-state index contributed by atoms with van der Waals surface area (Å²) >= 11 is 1.79. The summed E-state index contributed by atoms with van der Waals surface area (Å²) in [6, 6.07) is 16.1. The lowest BCUT2D eigenvalue weighted by atomic mass is 9.98. The molecule has 1 atom stereocenters. The van der Waals surface area contributed by atoms with Gasteiger partial charge in [-0.05, 0) is 76.9 Å². The minimum Gasteiger partial charge on any atom is -0.481 e. The molecule has 38 heavy (non-hydrogen) atoms. The van der Waals surface area contributed by atoms with Crippen LogP contribution in [0.2, 0.25) is 0 Å². The van der Waals surface area contributed by atoms with E-state index in [-0.39, 0.29) is 17.1 Å². The Morgan fingerprint density at radius 2 is 1.87 bits per heavy atom. The first kappa shape index (κ1) is 24.5. The zero-order valence-corrected chi connectivity index (χ0v) is 21.2. The van der Waals surface area contributed by atoms with Crippen molar-refractivity contribution in [1.29, 1.82) is 0 Å². The van der Waals surface area contributed by atoms with Gasteiger partial charge in [-0.25, -0.2) is 13.8 Å². The van der Waals surface area contributed by atoms with Gasteiger partial charge in [0.2, 0.25) is 0 Å². The molecule has 2 heterocycles. The third-order valence-electron chi connectivity index (χ3n) is 7.21. The molecule has 0 bridgehead atoms. The zero-order chi connectivity index (χ0) is 26.3. The molecule has 0 amide bonds. The van der Waals surface area contributed by atoms with E-state index in [1.165, 1.54) is 0 Å². The number of pyridine rings is 2. The monoisotopic (exact) mass is 526 g/mol. The Kier molecular flexibility index (Phi) is 6.32. The van der Waals surface area contributed by atoms with Gasteiger partial charge in [-0.15, -0.1) is 11.8 Å². The van der Waals surface area contributed by atoms with Gasteiger partial charge < -0.3 is 5.11 Å². The summed E-state index contributed by atoms with van der Waals surface area (Å²) in [6.07, 6.45) is 11.8. The molecule has 2 aromatic carbocycles. The minimum atomic E-state index is -0.917. The van der Waals surface area contributed by atoms with Crippen LogP contribution < -0.4 is 0 Å². The molecule has 1 saturated carbocycles. The second-order valence-corrected chi connectivity index (χ2v) is 11.1. The van der Waals surface area contributed by atoms with E-state index in [9.17, 15) is 18.7 Å². The molecule has 1 N–H and O–H groups in total. The van der Waals surface area contributed by atoms with Crippen LogP contribution in [-0.2, 0) is 4.79 Å². The molecule has 2 aliphatic rings. The molecular formula is C31H24F2N2O2S. The number of fused-ring (bicyclic) bond motifs is 3. The number of benzene rings is 2. The second kappa shape index (κ2) is 9.80. The molecule has 7 heteroatoms. The Morgan fingerprint density at radius 1 is 1.03 bits per heavy atom. The second-order valence-electron chi connectivity index (χ2n) is 9.99. The largest absolute Gasteiger partial charge is 0.481 e. The van der Waals surface area contributed by atoms with E-state index < -0.39 is 17.6 Å². The van der Waals surface area contributed by atoms with Gasteiger partial charge in [0.05, 0.1) is 28.6 Å². The van der Waals surface area contributed by atoms with Crippen molar-refractivity contribution in [3.05, 3.63) is 106 Å². The van der Waals surface area contributed by atoms with Crippen LogP contribution in [0.4, 0.5) is 8.78 Å². The number of rotatable bonds is 7. The molecule has 4 nitrogen and oxygen atoms in total. The molecule has 190 valence electrons. The van der Waals surface area contributed by atoms with Crippen LogP contribution in [0.5, 0.6) is 0 Å². The smallest absolute Gasteiger partial charge is 0.303 e. The summed E-state index contributed by atoms with van der Waals surface area (Å²) in [6.45, 7) is 0. The Bertz CT molecular complexity index is 1630. The van der Waals surface area contributed by atoms with Gasteiger partial charge in [-0.2, -0.15) is 0 Å². The summed E-state index contributed by atoms with van der Waals surface area (Å²) in [4.78, 5) is 20.5. The lowest BCUT2D eigenvalue weighted by Crippen LogP contribution is -2.13. The van der Waals surface area contributed by atoms with Gasteiger partial charge in [0, 0.05) is 23.4 Å². The molecule has 4 aromatic rings. The van der Waals surface area contributed by atoms with Crippen molar-refractivity contribution in [2.75, 3.05) is 5.75 Å². The van der Waals surface area contributed by atoms with Crippen LogP contribution >= 0.6 is 11.8 Å². The predicted molar refractivity (Wildman–Crippen MR) is 148 cm³/mol. The number of aromatic nitrogens is 2. The van der Waals surface area contributed by atoms with Crippen molar-refractivity contribution in [3.63, 3.8) is 0 Å². The zero-order valence-electron chi connectivity index (χ0n) is 20.4. The van der Waals surface area contributed by atoms with E-state index in [0.717, 1.165) is 58.7 Å². The number of halogens is 2. The van der Waals surface area contributed by atoms with Crippen molar-refractivity contribution < 1.29 is 18.7 Å². The molecule has 2 aromatic heterocycles. The topological polar surface area (TPSA) is 63.1 Å². The maximum atomic E-state index is 13.7. The van der Waals surface area contributed by atoms with Crippen molar-refractivity contribution >= 4 is 52.9 Å². The van der Waals surface area contributed by atoms with Crippen molar-refractivity contribution in [2.45, 2.75) is 24.5 Å². The van der Waals surface area contributed by atoms with Crippen LogP contribution in [0.15, 0.2) is 60.8 Å². The summed E-state index contributed by atoms with van der Waals surface area (Å²) in [7, 11) is 0. The Hall–Kier alpha value is -3.84. The van der Waals surface area contributed by atoms with Gasteiger partial charge in [0.1, 0.15) is 0 Å². The highest BCUT2D eigenvalue weighted by atomic mass is 32.2. The van der Waals surface area contributed by atoms with Gasteiger partial charge >= 0.3 is 5.97 Å². The average molecular weight is 527 g/mol. The van der Waals surface area contributed by atoms with Crippen molar-refractivity contribution in [2.24, 2.45) is 5.41 Å². The van der Waals surface area contributed by atoms with Gasteiger partial charge in [-0.3, -0.25) is 9.78 Å². The first-order chi connectivity index (χ1) is 18.4. The maximum Gasteiger partial charge on any atom is 0.303 e. The van der Waals surface area contributed by atoms with E-state index >= 15 is 0 Å². The molecule has 2 aliphatic carbocycles. The van der Waals surface area contributed by atoms with Crippen LogP contribution in [0.3, 0.4) is 0 Å². The molecule has 0 radical (unpaired) electrons. The summed E-state index contributed by atoms with van der Waals surface area (Å²) in [5.41, 5.74) is 6.18. The summed E-state index contributed by atoms with van der Waals surface area (Å²) in [5, 5.41) is 9.94. The molecule has 0 aliphatic heterocycles. The highest BCUT2D eigenvalue weighted by Crippen LogP contribution is 2.54. The molecule has 1 fully saturated rings. The fourth-order valence-electron chi connectivity index (χ4n) is 4.92. The molecule has 0 saturated heterocycles. The molecule has 6 rings (SSSR count). The molecule has 0 spiro atoms. The number of carboxylic acid groups (broad SMARTS) is 1. The van der Waals surface area contributed by atoms with Crippen LogP contribution in [-0.4, -0.2) is 26.8 Å². The predicted octanol–water partition coefficient (Wildman–Crippen LogP) is 7.64. The quantitative estimate of drug-likeness (QED) is 0.268. The van der Waals surface area contributed by atoms with E-state index in [1.54, 1.807) is 30.1 Å². The number of nitrogens with zero attached hydrogens (tertiary/aromatic N) is 2. The standard InChI is InChI=1S/C31H24F2N2O2S/c32-25-15-21-6-9-22(35-28(21)16-26(25)33)8-4-19-3-5-20-7-10-27-23(2-1-13-34-27)30(24(20)14-19)38-18-31(11-12-31)17-29(36)37/h1-10,13-16,30H,11-12,17-18H2,(H,36,37). The van der Waals surface area contributed by atoms with E-state index in [2.05, 4.69) is 34.2 Å². The number of hydrogen-bond donors (Lipinski definition) is 1. The number of thioether (sulfide) groups is 1. The van der Waals surface area contributed by atoms with Crippen molar-refractivity contribution in [1.82, 2.24) is 9.97 Å². The normalized spacial score (nSPS) is 17.3. The van der Waals surface area contributed by atoms with E-state index in [4.69, 9.17) is 0 Å². The first-order valence-electron chi connectivity index (χ1n) is 12.4. The highest BCUT2D eigenvalue weighted by molar-refractivity contribution is 7.99. The summed E-state index contributed by atoms with van der Waals surface area (Å²) in [5.74, 6) is -1.77. The Labute approximate surface area is 223 Å².